The van der Waals surface area contributed by atoms with Crippen molar-refractivity contribution in [3.8, 4) is 0 Å². The van der Waals surface area contributed by atoms with Gasteiger partial charge in [0.15, 0.2) is 0 Å². The van der Waals surface area contributed by atoms with Gasteiger partial charge in [0.2, 0.25) is 11.8 Å². The molecule has 7 nitrogen and oxygen atoms in total. The second kappa shape index (κ2) is 8.02. The van der Waals surface area contributed by atoms with Gasteiger partial charge in [0, 0.05) is 24.7 Å². The van der Waals surface area contributed by atoms with Crippen molar-refractivity contribution >= 4 is 28.5 Å². The number of carbonyl (C=O) groups is 2. The molecule has 2 saturated heterocycles. The molecule has 3 aliphatic heterocycles. The maximum atomic E-state index is 13.0. The number of amides is 2. The molecule has 0 bridgehead atoms. The number of piperidine rings is 2. The quantitative estimate of drug-likeness (QED) is 0.843. The SMILES string of the molecule is CCC(=O)Nc1ccc2c(c1)nc1n2CC(=O)N(C[C@@H]2CCCN3CCCC[C@H]23)C1. The lowest BCUT2D eigenvalue weighted by Crippen LogP contribution is -2.52. The number of hydrogen-bond acceptors (Lipinski definition) is 4. The molecular weight excluding hydrogens is 378 g/mol. The minimum atomic E-state index is -0.0103. The lowest BCUT2D eigenvalue weighted by molar-refractivity contribution is -0.135. The predicted octanol–water partition coefficient (Wildman–Crippen LogP) is 2.99. The molecule has 5 rings (SSSR count). The van der Waals surface area contributed by atoms with Crippen molar-refractivity contribution in [1.29, 1.82) is 0 Å². The Morgan fingerprint density at radius 2 is 2.03 bits per heavy atom. The molecule has 0 unspecified atom stereocenters. The van der Waals surface area contributed by atoms with Crippen molar-refractivity contribution in [3.63, 3.8) is 0 Å². The van der Waals surface area contributed by atoms with Crippen molar-refractivity contribution in [1.82, 2.24) is 19.4 Å². The second-order valence-corrected chi connectivity index (χ2v) is 9.00. The zero-order valence-electron chi connectivity index (χ0n) is 17.8. The minimum absolute atomic E-state index is 0.0103. The lowest BCUT2D eigenvalue weighted by Gasteiger charge is -2.46. The van der Waals surface area contributed by atoms with Crippen LogP contribution in [0, 0.1) is 5.92 Å². The Kier molecular flexibility index (Phi) is 5.23. The number of fused-ring (bicyclic) bond motifs is 4. The Morgan fingerprint density at radius 1 is 1.17 bits per heavy atom. The van der Waals surface area contributed by atoms with Gasteiger partial charge < -0.3 is 19.7 Å². The van der Waals surface area contributed by atoms with Crippen molar-refractivity contribution in [3.05, 3.63) is 24.0 Å². The number of hydrogen-bond donors (Lipinski definition) is 1. The maximum absolute atomic E-state index is 13.0. The van der Waals surface area contributed by atoms with Crippen LogP contribution in [0.4, 0.5) is 5.69 Å². The van der Waals surface area contributed by atoms with Crippen LogP contribution in [0.3, 0.4) is 0 Å². The number of nitrogens with zero attached hydrogens (tertiary/aromatic N) is 4. The molecule has 30 heavy (non-hydrogen) atoms. The summed E-state index contributed by atoms with van der Waals surface area (Å²) in [5, 5.41) is 2.89. The Balaban J connectivity index is 1.34. The molecule has 2 amide bonds. The summed E-state index contributed by atoms with van der Waals surface area (Å²) in [5.41, 5.74) is 2.56. The Morgan fingerprint density at radius 3 is 2.90 bits per heavy atom. The average molecular weight is 410 g/mol. The molecule has 0 saturated carbocycles. The molecule has 2 aromatic rings. The molecule has 2 fully saturated rings. The van der Waals surface area contributed by atoms with Crippen LogP contribution in [0.15, 0.2) is 18.2 Å². The molecule has 1 aromatic carbocycles. The fraction of sp³-hybridized carbons (Fsp3) is 0.609. The second-order valence-electron chi connectivity index (χ2n) is 9.00. The van der Waals surface area contributed by atoms with Gasteiger partial charge in [-0.2, -0.15) is 0 Å². The molecule has 2 atom stereocenters. The molecule has 160 valence electrons. The van der Waals surface area contributed by atoms with Crippen LogP contribution in [0.25, 0.3) is 11.0 Å². The standard InChI is InChI=1S/C23H31N5O2/c1-2-22(29)24-17-8-9-20-18(12-17)25-21-14-27(23(30)15-28(20)21)13-16-6-5-11-26-10-4-3-7-19(16)26/h8-9,12,16,19H,2-7,10-11,13-15H2,1H3,(H,24,29)/t16-,19+/m0/s1. The van der Waals surface area contributed by atoms with Crippen LogP contribution in [0.1, 0.15) is 51.3 Å². The first kappa shape index (κ1) is 19.5. The smallest absolute Gasteiger partial charge is 0.242 e. The summed E-state index contributed by atoms with van der Waals surface area (Å²) < 4.78 is 2.04. The number of rotatable bonds is 4. The maximum Gasteiger partial charge on any atom is 0.242 e. The molecule has 1 N–H and O–H groups in total. The van der Waals surface area contributed by atoms with Gasteiger partial charge in [-0.1, -0.05) is 13.3 Å². The fourth-order valence-corrected chi connectivity index (χ4v) is 5.54. The van der Waals surface area contributed by atoms with E-state index in [2.05, 4.69) is 10.2 Å². The summed E-state index contributed by atoms with van der Waals surface area (Å²) in [4.78, 5) is 34.2. The van der Waals surface area contributed by atoms with E-state index in [4.69, 9.17) is 4.98 Å². The Labute approximate surface area is 177 Å². The Bertz CT molecular complexity index is 966. The highest BCUT2D eigenvalue weighted by Gasteiger charge is 2.36. The van der Waals surface area contributed by atoms with Crippen LogP contribution < -0.4 is 5.32 Å². The molecular formula is C23H31N5O2. The highest BCUT2D eigenvalue weighted by molar-refractivity contribution is 5.93. The molecule has 3 aliphatic rings. The van der Waals surface area contributed by atoms with Crippen molar-refractivity contribution in [2.24, 2.45) is 5.92 Å². The van der Waals surface area contributed by atoms with Gasteiger partial charge in [0.25, 0.3) is 0 Å². The third-order valence-corrected chi connectivity index (χ3v) is 7.09. The number of aromatic nitrogens is 2. The number of imidazole rings is 1. The van der Waals surface area contributed by atoms with Gasteiger partial charge in [-0.15, -0.1) is 0 Å². The van der Waals surface area contributed by atoms with Crippen LogP contribution in [-0.4, -0.2) is 56.8 Å². The number of benzene rings is 1. The highest BCUT2D eigenvalue weighted by Crippen LogP contribution is 2.32. The van der Waals surface area contributed by atoms with E-state index in [1.165, 1.54) is 45.2 Å². The van der Waals surface area contributed by atoms with E-state index in [9.17, 15) is 9.59 Å². The van der Waals surface area contributed by atoms with Gasteiger partial charge in [0.05, 0.1) is 17.6 Å². The minimum Gasteiger partial charge on any atom is -0.333 e. The molecule has 7 heteroatoms. The summed E-state index contributed by atoms with van der Waals surface area (Å²) in [5.74, 6) is 1.71. The van der Waals surface area contributed by atoms with E-state index in [0.29, 0.717) is 31.5 Å². The fourth-order valence-electron chi connectivity index (χ4n) is 5.54. The van der Waals surface area contributed by atoms with Crippen LogP contribution in [-0.2, 0) is 22.7 Å². The van der Waals surface area contributed by atoms with Gasteiger partial charge in [-0.05, 0) is 62.9 Å². The average Bonchev–Trinajstić information content (AvgIpc) is 3.10. The van der Waals surface area contributed by atoms with Crippen molar-refractivity contribution in [2.75, 3.05) is 25.0 Å². The summed E-state index contributed by atoms with van der Waals surface area (Å²) in [6.07, 6.45) is 6.82. The zero-order valence-corrected chi connectivity index (χ0v) is 17.8. The molecule has 4 heterocycles. The first-order chi connectivity index (χ1) is 14.6. The zero-order chi connectivity index (χ0) is 20.7. The molecule has 0 spiro atoms. The summed E-state index contributed by atoms with van der Waals surface area (Å²) in [6.45, 7) is 6.06. The van der Waals surface area contributed by atoms with Crippen molar-refractivity contribution < 1.29 is 9.59 Å². The topological polar surface area (TPSA) is 70.5 Å². The molecule has 0 aliphatic carbocycles. The summed E-state index contributed by atoms with van der Waals surface area (Å²) in [6, 6.07) is 6.40. The van der Waals surface area contributed by atoms with Crippen LogP contribution >= 0.6 is 0 Å². The third kappa shape index (κ3) is 3.60. The van der Waals surface area contributed by atoms with E-state index >= 15 is 0 Å². The number of anilines is 1. The van der Waals surface area contributed by atoms with Gasteiger partial charge in [-0.3, -0.25) is 9.59 Å². The number of nitrogens with one attached hydrogen (secondary N) is 1. The largest absolute Gasteiger partial charge is 0.333 e. The first-order valence-corrected chi connectivity index (χ1v) is 11.4. The van der Waals surface area contributed by atoms with E-state index in [0.717, 1.165) is 29.1 Å². The van der Waals surface area contributed by atoms with E-state index in [1.807, 2.05) is 34.6 Å². The van der Waals surface area contributed by atoms with Crippen LogP contribution in [0.5, 0.6) is 0 Å². The normalized spacial score (nSPS) is 24.6. The molecule has 0 radical (unpaired) electrons. The Hall–Kier alpha value is -2.41. The summed E-state index contributed by atoms with van der Waals surface area (Å²) >= 11 is 0. The van der Waals surface area contributed by atoms with Gasteiger partial charge in [-0.25, -0.2) is 4.98 Å². The van der Waals surface area contributed by atoms with Gasteiger partial charge in [0.1, 0.15) is 12.4 Å². The van der Waals surface area contributed by atoms with E-state index in [1.54, 1.807) is 0 Å². The highest BCUT2D eigenvalue weighted by atomic mass is 16.2. The predicted molar refractivity (Wildman–Crippen MR) is 116 cm³/mol. The van der Waals surface area contributed by atoms with E-state index < -0.39 is 0 Å². The molecule has 1 aromatic heterocycles. The van der Waals surface area contributed by atoms with Crippen LogP contribution in [0.2, 0.25) is 0 Å². The third-order valence-electron chi connectivity index (χ3n) is 7.09. The summed E-state index contributed by atoms with van der Waals surface area (Å²) in [7, 11) is 0. The van der Waals surface area contributed by atoms with Gasteiger partial charge >= 0.3 is 0 Å². The monoisotopic (exact) mass is 409 g/mol. The number of carbonyl (C=O) groups excluding carboxylic acids is 2. The first-order valence-electron chi connectivity index (χ1n) is 11.4. The van der Waals surface area contributed by atoms with E-state index in [-0.39, 0.29) is 11.8 Å². The lowest BCUT2D eigenvalue weighted by atomic mass is 9.83. The van der Waals surface area contributed by atoms with Crippen molar-refractivity contribution in [2.45, 2.75) is 64.6 Å².